The van der Waals surface area contributed by atoms with E-state index in [-0.39, 0.29) is 0 Å². The van der Waals surface area contributed by atoms with Crippen molar-refractivity contribution < 1.29 is 0 Å². The van der Waals surface area contributed by atoms with Crippen molar-refractivity contribution in [1.29, 1.82) is 0 Å². The number of halogens is 2. The summed E-state index contributed by atoms with van der Waals surface area (Å²) in [5.41, 5.74) is 4.74. The number of hydrogen-bond donors (Lipinski definition) is 1. The lowest BCUT2D eigenvalue weighted by Crippen LogP contribution is -2.16. The Balaban J connectivity index is 2.01. The Hall–Kier alpha value is -0.840. The molecule has 2 aromatic rings. The molecule has 0 radical (unpaired) electrons. The zero-order chi connectivity index (χ0) is 15.2. The topological polar surface area (TPSA) is 29.9 Å². The van der Waals surface area contributed by atoms with E-state index in [4.69, 9.17) is 11.6 Å². The van der Waals surface area contributed by atoms with E-state index in [1.807, 2.05) is 6.07 Å². The quantitative estimate of drug-likeness (QED) is 0.738. The molecule has 1 heterocycles. The van der Waals surface area contributed by atoms with Crippen LogP contribution in [0.5, 0.6) is 0 Å². The summed E-state index contributed by atoms with van der Waals surface area (Å²) in [6.07, 6.45) is 0.943. The van der Waals surface area contributed by atoms with E-state index < -0.39 is 0 Å². The summed E-state index contributed by atoms with van der Waals surface area (Å²) in [6.45, 7) is 6.76. The van der Waals surface area contributed by atoms with Crippen LogP contribution in [-0.4, -0.2) is 9.78 Å². The third-order valence-corrected chi connectivity index (χ3v) is 4.69. The molecular formula is C16H21BrClN3. The average molecular weight is 371 g/mol. The number of aromatic nitrogens is 2. The van der Waals surface area contributed by atoms with E-state index >= 15 is 0 Å². The van der Waals surface area contributed by atoms with E-state index in [0.717, 1.165) is 41.8 Å². The van der Waals surface area contributed by atoms with Crippen LogP contribution in [0.2, 0.25) is 0 Å². The summed E-state index contributed by atoms with van der Waals surface area (Å²) in [7, 11) is 0. The van der Waals surface area contributed by atoms with Crippen molar-refractivity contribution in [2.75, 3.05) is 0 Å². The number of aryl methyl sites for hydroxylation is 2. The number of alkyl halides is 1. The molecule has 21 heavy (non-hydrogen) atoms. The minimum Gasteiger partial charge on any atom is -0.307 e. The molecule has 114 valence electrons. The predicted molar refractivity (Wildman–Crippen MR) is 91.5 cm³/mol. The lowest BCUT2D eigenvalue weighted by Gasteiger charge is -2.08. The third-order valence-electron chi connectivity index (χ3n) is 3.46. The second kappa shape index (κ2) is 7.97. The fourth-order valence-electron chi connectivity index (χ4n) is 2.33. The van der Waals surface area contributed by atoms with Crippen molar-refractivity contribution in [2.45, 2.75) is 45.8 Å². The maximum Gasteiger partial charge on any atom is 0.0767 e. The Bertz CT molecular complexity index is 595. The predicted octanol–water partition coefficient (Wildman–Crippen LogP) is 4.26. The summed E-state index contributed by atoms with van der Waals surface area (Å²) in [5, 5.41) is 8.10. The molecule has 0 atom stereocenters. The molecule has 5 heteroatoms. The molecule has 0 aliphatic carbocycles. The van der Waals surface area contributed by atoms with Crippen molar-refractivity contribution in [3.63, 3.8) is 0 Å². The van der Waals surface area contributed by atoms with Crippen LogP contribution in [0.1, 0.15) is 36.4 Å². The molecule has 0 aliphatic rings. The Labute approximate surface area is 139 Å². The van der Waals surface area contributed by atoms with Gasteiger partial charge in [-0.3, -0.25) is 4.68 Å². The second-order valence-corrected chi connectivity index (χ2v) is 5.99. The van der Waals surface area contributed by atoms with Crippen LogP contribution in [0.4, 0.5) is 0 Å². The number of benzene rings is 1. The zero-order valence-electron chi connectivity index (χ0n) is 12.5. The summed E-state index contributed by atoms with van der Waals surface area (Å²) in [4.78, 5) is 0. The van der Waals surface area contributed by atoms with Gasteiger partial charge < -0.3 is 5.32 Å². The van der Waals surface area contributed by atoms with Gasteiger partial charge in [-0.15, -0.1) is 11.6 Å². The summed E-state index contributed by atoms with van der Waals surface area (Å²) < 4.78 is 3.19. The first-order valence-electron chi connectivity index (χ1n) is 7.28. The van der Waals surface area contributed by atoms with Gasteiger partial charge in [0.15, 0.2) is 0 Å². The van der Waals surface area contributed by atoms with Crippen LogP contribution < -0.4 is 5.32 Å². The molecule has 0 aliphatic heterocycles. The lowest BCUT2D eigenvalue weighted by atomic mass is 10.1. The van der Waals surface area contributed by atoms with Gasteiger partial charge in [-0.25, -0.2) is 0 Å². The normalized spacial score (nSPS) is 11.0. The highest BCUT2D eigenvalue weighted by atomic mass is 79.9. The van der Waals surface area contributed by atoms with Crippen LogP contribution in [0.25, 0.3) is 0 Å². The SMILES string of the molecule is CCc1nn(CC)c(CNCc2cccc(CCl)c2)c1Br. The third kappa shape index (κ3) is 4.09. The largest absolute Gasteiger partial charge is 0.307 e. The number of rotatable bonds is 7. The van der Waals surface area contributed by atoms with Crippen molar-refractivity contribution >= 4 is 27.5 Å². The van der Waals surface area contributed by atoms with Gasteiger partial charge in [-0.1, -0.05) is 31.2 Å². The second-order valence-electron chi connectivity index (χ2n) is 4.93. The molecule has 0 amide bonds. The Morgan fingerprint density at radius 2 is 2.00 bits per heavy atom. The van der Waals surface area contributed by atoms with E-state index in [1.165, 1.54) is 11.3 Å². The standard InChI is InChI=1S/C16H21BrClN3/c1-3-14-16(17)15(21(4-2)20-14)11-19-10-13-7-5-6-12(8-13)9-18/h5-8,19H,3-4,9-11H2,1-2H3. The molecule has 1 N–H and O–H groups in total. The maximum absolute atomic E-state index is 5.87. The summed E-state index contributed by atoms with van der Waals surface area (Å²) in [5.74, 6) is 0.557. The van der Waals surface area contributed by atoms with Gasteiger partial charge in [-0.05, 0) is 40.4 Å². The number of nitrogens with one attached hydrogen (secondary N) is 1. The average Bonchev–Trinajstić information content (AvgIpc) is 2.83. The summed E-state index contributed by atoms with van der Waals surface area (Å²) >= 11 is 9.54. The Kier molecular flexibility index (Phi) is 6.27. The van der Waals surface area contributed by atoms with E-state index in [1.54, 1.807) is 0 Å². The minimum atomic E-state index is 0.557. The fourth-order valence-corrected chi connectivity index (χ4v) is 3.20. The first kappa shape index (κ1) is 16.5. The van der Waals surface area contributed by atoms with Crippen LogP contribution >= 0.6 is 27.5 Å². The van der Waals surface area contributed by atoms with E-state index in [9.17, 15) is 0 Å². The molecule has 1 aromatic carbocycles. The first-order chi connectivity index (χ1) is 10.2. The van der Waals surface area contributed by atoms with E-state index in [2.05, 4.69) is 63.1 Å². The van der Waals surface area contributed by atoms with Crippen LogP contribution in [0.3, 0.4) is 0 Å². The van der Waals surface area contributed by atoms with Gasteiger partial charge in [0.1, 0.15) is 0 Å². The molecule has 0 unspecified atom stereocenters. The highest BCUT2D eigenvalue weighted by molar-refractivity contribution is 9.10. The molecule has 0 saturated carbocycles. The van der Waals surface area contributed by atoms with Gasteiger partial charge in [0.2, 0.25) is 0 Å². The lowest BCUT2D eigenvalue weighted by molar-refractivity contribution is 0.576. The van der Waals surface area contributed by atoms with Gasteiger partial charge in [-0.2, -0.15) is 5.10 Å². The molecule has 2 rings (SSSR count). The summed E-state index contributed by atoms with van der Waals surface area (Å²) in [6, 6.07) is 8.36. The van der Waals surface area contributed by atoms with Crippen LogP contribution in [0.15, 0.2) is 28.7 Å². The molecular weight excluding hydrogens is 350 g/mol. The molecule has 0 fully saturated rings. The Morgan fingerprint density at radius 3 is 2.67 bits per heavy atom. The van der Waals surface area contributed by atoms with Crippen LogP contribution in [-0.2, 0) is 31.9 Å². The van der Waals surface area contributed by atoms with Gasteiger partial charge >= 0.3 is 0 Å². The Morgan fingerprint density at radius 1 is 1.24 bits per heavy atom. The highest BCUT2D eigenvalue weighted by Crippen LogP contribution is 2.22. The van der Waals surface area contributed by atoms with Gasteiger partial charge in [0.25, 0.3) is 0 Å². The minimum absolute atomic E-state index is 0.557. The van der Waals surface area contributed by atoms with Gasteiger partial charge in [0, 0.05) is 25.5 Å². The molecule has 0 bridgehead atoms. The van der Waals surface area contributed by atoms with E-state index in [0.29, 0.717) is 5.88 Å². The van der Waals surface area contributed by atoms with Crippen molar-refractivity contribution in [3.8, 4) is 0 Å². The van der Waals surface area contributed by atoms with Crippen molar-refractivity contribution in [3.05, 3.63) is 51.3 Å². The highest BCUT2D eigenvalue weighted by Gasteiger charge is 2.13. The molecule has 1 aromatic heterocycles. The fraction of sp³-hybridized carbons (Fsp3) is 0.438. The van der Waals surface area contributed by atoms with Crippen LogP contribution in [0, 0.1) is 0 Å². The monoisotopic (exact) mass is 369 g/mol. The number of hydrogen-bond acceptors (Lipinski definition) is 2. The zero-order valence-corrected chi connectivity index (χ0v) is 14.8. The first-order valence-corrected chi connectivity index (χ1v) is 8.60. The molecule has 3 nitrogen and oxygen atoms in total. The van der Waals surface area contributed by atoms with Crippen molar-refractivity contribution in [1.82, 2.24) is 15.1 Å². The maximum atomic E-state index is 5.87. The van der Waals surface area contributed by atoms with Gasteiger partial charge in [0.05, 0.1) is 15.9 Å². The molecule has 0 spiro atoms. The number of nitrogens with zero attached hydrogens (tertiary/aromatic N) is 2. The smallest absolute Gasteiger partial charge is 0.0767 e. The molecule has 0 saturated heterocycles. The van der Waals surface area contributed by atoms with Crippen molar-refractivity contribution in [2.24, 2.45) is 0 Å².